The zero-order valence-corrected chi connectivity index (χ0v) is 11.6. The summed E-state index contributed by atoms with van der Waals surface area (Å²) >= 11 is 8.07. The number of imidazole rings is 1. The maximum Gasteiger partial charge on any atom is 0.152 e. The Hall–Kier alpha value is -0.800. The molecule has 0 amide bonds. The second kappa shape index (κ2) is 4.14. The average Bonchev–Trinajstić information content (AvgIpc) is 2.84. The fourth-order valence-electron chi connectivity index (χ4n) is 2.57. The van der Waals surface area contributed by atoms with E-state index < -0.39 is 0 Å². The van der Waals surface area contributed by atoms with Gasteiger partial charge in [0.1, 0.15) is 0 Å². The molecule has 3 rings (SSSR count). The summed E-state index contributed by atoms with van der Waals surface area (Å²) in [6, 6.07) is 4.28. The van der Waals surface area contributed by atoms with Crippen molar-refractivity contribution in [3.8, 4) is 10.7 Å². The Labute approximate surface area is 110 Å². The van der Waals surface area contributed by atoms with Gasteiger partial charge >= 0.3 is 0 Å². The third-order valence-corrected chi connectivity index (χ3v) is 4.68. The van der Waals surface area contributed by atoms with Gasteiger partial charge in [-0.15, -0.1) is 11.3 Å². The van der Waals surface area contributed by atoms with Crippen LogP contribution in [-0.2, 0) is 6.54 Å². The van der Waals surface area contributed by atoms with Crippen molar-refractivity contribution in [3.63, 3.8) is 0 Å². The van der Waals surface area contributed by atoms with Crippen LogP contribution in [0.4, 0.5) is 0 Å². The standard InChI is InChI=1S/C13H15ClN2S/c1-8-4-3-7-16-11(8)12(14)15-13(16)10-6-5-9(2)17-10/h5-6,8H,3-4,7H2,1-2H3. The molecule has 2 nitrogen and oxygen atoms in total. The molecule has 0 bridgehead atoms. The van der Waals surface area contributed by atoms with Crippen molar-refractivity contribution in [1.82, 2.24) is 9.55 Å². The number of hydrogen-bond acceptors (Lipinski definition) is 2. The minimum absolute atomic E-state index is 0.526. The lowest BCUT2D eigenvalue weighted by Gasteiger charge is -2.22. The SMILES string of the molecule is Cc1ccc(-c2nc(Cl)c3n2CCCC3C)s1. The lowest BCUT2D eigenvalue weighted by molar-refractivity contribution is 0.478. The fourth-order valence-corrected chi connectivity index (χ4v) is 3.80. The predicted octanol–water partition coefficient (Wildman–Crippen LogP) is 4.47. The van der Waals surface area contributed by atoms with Crippen LogP contribution < -0.4 is 0 Å². The summed E-state index contributed by atoms with van der Waals surface area (Å²) in [6.07, 6.45) is 2.44. The highest BCUT2D eigenvalue weighted by Gasteiger charge is 2.25. The number of thiophene rings is 1. The van der Waals surface area contributed by atoms with E-state index in [0.717, 1.165) is 12.4 Å². The smallest absolute Gasteiger partial charge is 0.152 e. The molecule has 0 fully saturated rings. The van der Waals surface area contributed by atoms with Crippen molar-refractivity contribution in [2.24, 2.45) is 0 Å². The minimum Gasteiger partial charge on any atom is -0.326 e. The van der Waals surface area contributed by atoms with E-state index in [4.69, 9.17) is 11.6 Å². The van der Waals surface area contributed by atoms with E-state index in [9.17, 15) is 0 Å². The van der Waals surface area contributed by atoms with Gasteiger partial charge in [-0.2, -0.15) is 0 Å². The summed E-state index contributed by atoms with van der Waals surface area (Å²) < 4.78 is 2.31. The summed E-state index contributed by atoms with van der Waals surface area (Å²) in [4.78, 5) is 7.11. The third kappa shape index (κ3) is 1.81. The minimum atomic E-state index is 0.526. The van der Waals surface area contributed by atoms with Gasteiger partial charge in [-0.1, -0.05) is 18.5 Å². The molecule has 0 saturated heterocycles. The van der Waals surface area contributed by atoms with Crippen LogP contribution in [0.25, 0.3) is 10.7 Å². The molecule has 2 aromatic rings. The first-order valence-corrected chi connectivity index (χ1v) is 7.19. The second-order valence-corrected chi connectivity index (χ2v) is 6.36. The van der Waals surface area contributed by atoms with E-state index in [1.165, 1.54) is 28.3 Å². The van der Waals surface area contributed by atoms with Crippen molar-refractivity contribution in [1.29, 1.82) is 0 Å². The van der Waals surface area contributed by atoms with Crippen LogP contribution in [0, 0.1) is 6.92 Å². The molecule has 2 aromatic heterocycles. The number of fused-ring (bicyclic) bond motifs is 1. The summed E-state index contributed by atoms with van der Waals surface area (Å²) in [6.45, 7) is 5.41. The quantitative estimate of drug-likeness (QED) is 0.745. The maximum absolute atomic E-state index is 6.29. The van der Waals surface area contributed by atoms with Crippen LogP contribution in [0.2, 0.25) is 5.15 Å². The van der Waals surface area contributed by atoms with Crippen molar-refractivity contribution in [2.75, 3.05) is 0 Å². The first-order valence-electron chi connectivity index (χ1n) is 5.99. The molecule has 0 aliphatic carbocycles. The van der Waals surface area contributed by atoms with Crippen LogP contribution in [0.15, 0.2) is 12.1 Å². The summed E-state index contributed by atoms with van der Waals surface area (Å²) in [7, 11) is 0. The van der Waals surface area contributed by atoms with E-state index in [1.807, 2.05) is 0 Å². The average molecular weight is 267 g/mol. The van der Waals surface area contributed by atoms with Gasteiger partial charge in [-0.3, -0.25) is 0 Å². The Balaban J connectivity index is 2.16. The molecular weight excluding hydrogens is 252 g/mol. The van der Waals surface area contributed by atoms with Crippen LogP contribution in [0.1, 0.15) is 36.3 Å². The normalized spacial score (nSPS) is 19.4. The van der Waals surface area contributed by atoms with Gasteiger partial charge in [0.15, 0.2) is 11.0 Å². The van der Waals surface area contributed by atoms with E-state index >= 15 is 0 Å². The fraction of sp³-hybridized carbons (Fsp3) is 0.462. The Morgan fingerprint density at radius 3 is 3.00 bits per heavy atom. The van der Waals surface area contributed by atoms with Crippen molar-refractivity contribution >= 4 is 22.9 Å². The molecule has 4 heteroatoms. The number of aryl methyl sites for hydroxylation is 1. The van der Waals surface area contributed by atoms with Gasteiger partial charge in [0, 0.05) is 11.4 Å². The summed E-state index contributed by atoms with van der Waals surface area (Å²) in [5, 5.41) is 0.693. The second-order valence-electron chi connectivity index (χ2n) is 4.72. The van der Waals surface area contributed by atoms with Crippen molar-refractivity contribution < 1.29 is 0 Å². The molecule has 1 atom stereocenters. The summed E-state index contributed by atoms with van der Waals surface area (Å²) in [5.74, 6) is 1.58. The zero-order valence-electron chi connectivity index (χ0n) is 10.0. The van der Waals surface area contributed by atoms with E-state index in [2.05, 4.69) is 35.5 Å². The molecule has 17 heavy (non-hydrogen) atoms. The van der Waals surface area contributed by atoms with Crippen LogP contribution in [0.3, 0.4) is 0 Å². The third-order valence-electron chi connectivity index (χ3n) is 3.41. The van der Waals surface area contributed by atoms with Crippen molar-refractivity contribution in [2.45, 2.75) is 39.2 Å². The molecule has 0 aromatic carbocycles. The Morgan fingerprint density at radius 1 is 1.47 bits per heavy atom. The van der Waals surface area contributed by atoms with Gasteiger partial charge in [-0.25, -0.2) is 4.98 Å². The number of nitrogens with zero attached hydrogens (tertiary/aromatic N) is 2. The highest BCUT2D eigenvalue weighted by Crippen LogP contribution is 2.37. The molecule has 3 heterocycles. The molecule has 90 valence electrons. The van der Waals surface area contributed by atoms with E-state index in [1.54, 1.807) is 11.3 Å². The predicted molar refractivity (Wildman–Crippen MR) is 72.9 cm³/mol. The molecule has 0 saturated carbocycles. The number of rotatable bonds is 1. The van der Waals surface area contributed by atoms with E-state index in [-0.39, 0.29) is 0 Å². The molecule has 0 radical (unpaired) electrons. The number of aromatic nitrogens is 2. The van der Waals surface area contributed by atoms with Gasteiger partial charge in [-0.05, 0) is 37.8 Å². The Morgan fingerprint density at radius 2 is 2.29 bits per heavy atom. The molecule has 0 spiro atoms. The Bertz CT molecular complexity index is 556. The zero-order chi connectivity index (χ0) is 12.0. The lowest BCUT2D eigenvalue weighted by Crippen LogP contribution is -2.14. The largest absolute Gasteiger partial charge is 0.326 e. The van der Waals surface area contributed by atoms with Gasteiger partial charge in [0.25, 0.3) is 0 Å². The molecule has 0 N–H and O–H groups in total. The molecule has 1 aliphatic heterocycles. The monoisotopic (exact) mass is 266 g/mol. The van der Waals surface area contributed by atoms with E-state index in [0.29, 0.717) is 11.1 Å². The van der Waals surface area contributed by atoms with Crippen LogP contribution in [0.5, 0.6) is 0 Å². The number of hydrogen-bond donors (Lipinski definition) is 0. The van der Waals surface area contributed by atoms with Crippen LogP contribution in [-0.4, -0.2) is 9.55 Å². The Kier molecular flexibility index (Phi) is 2.75. The highest BCUT2D eigenvalue weighted by atomic mass is 35.5. The molecule has 1 aliphatic rings. The first kappa shape index (κ1) is 11.3. The lowest BCUT2D eigenvalue weighted by atomic mass is 9.99. The van der Waals surface area contributed by atoms with Crippen LogP contribution >= 0.6 is 22.9 Å². The molecular formula is C13H15ClN2S. The van der Waals surface area contributed by atoms with Crippen molar-refractivity contribution in [3.05, 3.63) is 27.9 Å². The van der Waals surface area contributed by atoms with Gasteiger partial charge in [0.2, 0.25) is 0 Å². The highest BCUT2D eigenvalue weighted by molar-refractivity contribution is 7.15. The van der Waals surface area contributed by atoms with Gasteiger partial charge in [0.05, 0.1) is 10.6 Å². The maximum atomic E-state index is 6.29. The number of halogens is 1. The summed E-state index contributed by atoms with van der Waals surface area (Å²) in [5.41, 5.74) is 1.22. The first-order chi connectivity index (χ1) is 8.16. The topological polar surface area (TPSA) is 17.8 Å². The van der Waals surface area contributed by atoms with Gasteiger partial charge < -0.3 is 4.57 Å². The molecule has 1 unspecified atom stereocenters.